The maximum absolute atomic E-state index is 6.33. The van der Waals surface area contributed by atoms with Crippen LogP contribution in [0, 0.1) is 11.8 Å². The molecule has 1 aliphatic carbocycles. The molecule has 2 N–H and O–H groups in total. The van der Waals surface area contributed by atoms with Crippen molar-refractivity contribution in [2.24, 2.45) is 17.6 Å². The standard InChI is InChI=1S/C18H28N2/c1-14-10-15(2)12-20(11-14)18(13-19)9-5-7-16-6-3-4-8-17(16)18/h3-4,6,8,14-15H,5,7,9-13,19H2,1-2H3. The van der Waals surface area contributed by atoms with Crippen LogP contribution in [0.5, 0.6) is 0 Å². The smallest absolute Gasteiger partial charge is 0.0586 e. The van der Waals surface area contributed by atoms with E-state index in [0.717, 1.165) is 18.4 Å². The molecule has 1 aliphatic heterocycles. The predicted molar refractivity (Wildman–Crippen MR) is 84.6 cm³/mol. The van der Waals surface area contributed by atoms with Crippen LogP contribution in [0.1, 0.15) is 44.2 Å². The van der Waals surface area contributed by atoms with E-state index in [9.17, 15) is 0 Å². The first-order valence-corrected chi connectivity index (χ1v) is 8.19. The number of piperidine rings is 1. The van der Waals surface area contributed by atoms with Crippen LogP contribution in [-0.4, -0.2) is 24.5 Å². The van der Waals surface area contributed by atoms with E-state index in [-0.39, 0.29) is 5.54 Å². The molecular weight excluding hydrogens is 244 g/mol. The number of benzene rings is 1. The number of rotatable bonds is 2. The average molecular weight is 272 g/mol. The summed E-state index contributed by atoms with van der Waals surface area (Å²) in [5.74, 6) is 1.58. The highest BCUT2D eigenvalue weighted by Crippen LogP contribution is 2.42. The van der Waals surface area contributed by atoms with E-state index >= 15 is 0 Å². The average Bonchev–Trinajstić information content (AvgIpc) is 2.45. The van der Waals surface area contributed by atoms with Crippen molar-refractivity contribution in [3.8, 4) is 0 Å². The number of likely N-dealkylation sites (tertiary alicyclic amines) is 1. The summed E-state index contributed by atoms with van der Waals surface area (Å²) >= 11 is 0. The maximum atomic E-state index is 6.33. The molecule has 2 aliphatic rings. The van der Waals surface area contributed by atoms with Crippen LogP contribution >= 0.6 is 0 Å². The number of nitrogens with two attached hydrogens (primary N) is 1. The number of aryl methyl sites for hydroxylation is 1. The molecule has 0 bridgehead atoms. The molecule has 20 heavy (non-hydrogen) atoms. The minimum absolute atomic E-state index is 0.0950. The Hall–Kier alpha value is -0.860. The van der Waals surface area contributed by atoms with Crippen molar-refractivity contribution in [1.29, 1.82) is 0 Å². The molecular formula is C18H28N2. The molecule has 3 unspecified atom stereocenters. The Morgan fingerprint density at radius 3 is 2.60 bits per heavy atom. The predicted octanol–water partition coefficient (Wildman–Crippen LogP) is 3.15. The van der Waals surface area contributed by atoms with E-state index in [1.54, 1.807) is 0 Å². The summed E-state index contributed by atoms with van der Waals surface area (Å²) < 4.78 is 0. The van der Waals surface area contributed by atoms with Crippen LogP contribution < -0.4 is 5.73 Å². The van der Waals surface area contributed by atoms with E-state index in [2.05, 4.69) is 43.0 Å². The Morgan fingerprint density at radius 1 is 1.20 bits per heavy atom. The Bertz CT molecular complexity index is 460. The van der Waals surface area contributed by atoms with Gasteiger partial charge in [-0.2, -0.15) is 0 Å². The van der Waals surface area contributed by atoms with Gasteiger partial charge in [0.15, 0.2) is 0 Å². The summed E-state index contributed by atoms with van der Waals surface area (Å²) in [6, 6.07) is 8.99. The van der Waals surface area contributed by atoms with Crippen LogP contribution in [0.2, 0.25) is 0 Å². The number of fused-ring (bicyclic) bond motifs is 1. The van der Waals surface area contributed by atoms with Gasteiger partial charge < -0.3 is 5.73 Å². The summed E-state index contributed by atoms with van der Waals surface area (Å²) in [6.07, 6.45) is 5.07. The lowest BCUT2D eigenvalue weighted by atomic mass is 9.73. The fourth-order valence-corrected chi connectivity index (χ4v) is 4.58. The van der Waals surface area contributed by atoms with Crippen molar-refractivity contribution in [2.45, 2.75) is 45.1 Å². The van der Waals surface area contributed by atoms with Crippen molar-refractivity contribution >= 4 is 0 Å². The van der Waals surface area contributed by atoms with Gasteiger partial charge in [-0.05, 0) is 48.6 Å². The molecule has 1 heterocycles. The highest BCUT2D eigenvalue weighted by atomic mass is 15.2. The third-order valence-electron chi connectivity index (χ3n) is 5.37. The summed E-state index contributed by atoms with van der Waals surface area (Å²) in [4.78, 5) is 2.71. The molecule has 0 amide bonds. The zero-order valence-corrected chi connectivity index (χ0v) is 12.9. The Kier molecular flexibility index (Phi) is 3.87. The van der Waals surface area contributed by atoms with Gasteiger partial charge in [-0.3, -0.25) is 4.90 Å². The van der Waals surface area contributed by atoms with Gasteiger partial charge in [0.1, 0.15) is 0 Å². The monoisotopic (exact) mass is 272 g/mol. The highest BCUT2D eigenvalue weighted by molar-refractivity contribution is 5.37. The first-order chi connectivity index (χ1) is 9.65. The van der Waals surface area contributed by atoms with Crippen molar-refractivity contribution in [3.63, 3.8) is 0 Å². The van der Waals surface area contributed by atoms with Gasteiger partial charge in [-0.25, -0.2) is 0 Å². The third kappa shape index (κ3) is 2.29. The van der Waals surface area contributed by atoms with E-state index in [4.69, 9.17) is 5.73 Å². The molecule has 3 rings (SSSR count). The molecule has 1 fully saturated rings. The number of hydrogen-bond acceptors (Lipinski definition) is 2. The first-order valence-electron chi connectivity index (χ1n) is 8.19. The van der Waals surface area contributed by atoms with Crippen LogP contribution in [0.25, 0.3) is 0 Å². The van der Waals surface area contributed by atoms with Crippen molar-refractivity contribution in [1.82, 2.24) is 4.90 Å². The second kappa shape index (κ2) is 5.50. The van der Waals surface area contributed by atoms with Crippen LogP contribution in [0.3, 0.4) is 0 Å². The summed E-state index contributed by atoms with van der Waals surface area (Å²) in [6.45, 7) is 7.94. The molecule has 0 saturated carbocycles. The second-order valence-corrected chi connectivity index (χ2v) is 7.10. The lowest BCUT2D eigenvalue weighted by Crippen LogP contribution is -2.57. The minimum Gasteiger partial charge on any atom is -0.328 e. The molecule has 1 saturated heterocycles. The second-order valence-electron chi connectivity index (χ2n) is 7.10. The van der Waals surface area contributed by atoms with E-state index in [0.29, 0.717) is 0 Å². The molecule has 2 heteroatoms. The Labute approximate surface area is 123 Å². The molecule has 3 atom stereocenters. The first kappa shape index (κ1) is 14.1. The zero-order chi connectivity index (χ0) is 14.2. The molecule has 110 valence electrons. The molecule has 2 nitrogen and oxygen atoms in total. The normalized spacial score (nSPS) is 34.8. The zero-order valence-electron chi connectivity index (χ0n) is 12.9. The van der Waals surface area contributed by atoms with Gasteiger partial charge in [0, 0.05) is 19.6 Å². The minimum atomic E-state index is 0.0950. The van der Waals surface area contributed by atoms with Crippen LogP contribution in [0.15, 0.2) is 24.3 Å². The largest absolute Gasteiger partial charge is 0.328 e. The maximum Gasteiger partial charge on any atom is 0.0586 e. The van der Waals surface area contributed by atoms with Gasteiger partial charge in [-0.15, -0.1) is 0 Å². The summed E-state index contributed by atoms with van der Waals surface area (Å²) in [5.41, 5.74) is 9.46. The lowest BCUT2D eigenvalue weighted by Gasteiger charge is -2.51. The molecule has 0 aromatic heterocycles. The van der Waals surface area contributed by atoms with E-state index in [1.165, 1.54) is 49.9 Å². The van der Waals surface area contributed by atoms with Gasteiger partial charge >= 0.3 is 0 Å². The highest BCUT2D eigenvalue weighted by Gasteiger charge is 2.42. The van der Waals surface area contributed by atoms with Gasteiger partial charge in [0.05, 0.1) is 5.54 Å². The topological polar surface area (TPSA) is 29.3 Å². The van der Waals surface area contributed by atoms with E-state index in [1.807, 2.05) is 0 Å². The van der Waals surface area contributed by atoms with Crippen molar-refractivity contribution < 1.29 is 0 Å². The van der Waals surface area contributed by atoms with Gasteiger partial charge in [0.25, 0.3) is 0 Å². The van der Waals surface area contributed by atoms with E-state index < -0.39 is 0 Å². The fourth-order valence-electron chi connectivity index (χ4n) is 4.58. The van der Waals surface area contributed by atoms with Crippen LogP contribution in [0.4, 0.5) is 0 Å². The number of hydrogen-bond donors (Lipinski definition) is 1. The molecule has 1 aromatic carbocycles. The Balaban J connectivity index is 2.00. The Morgan fingerprint density at radius 2 is 1.90 bits per heavy atom. The fraction of sp³-hybridized carbons (Fsp3) is 0.667. The van der Waals surface area contributed by atoms with Crippen LogP contribution in [-0.2, 0) is 12.0 Å². The van der Waals surface area contributed by atoms with Crippen molar-refractivity contribution in [2.75, 3.05) is 19.6 Å². The quantitative estimate of drug-likeness (QED) is 0.896. The summed E-state index contributed by atoms with van der Waals surface area (Å²) in [5, 5.41) is 0. The third-order valence-corrected chi connectivity index (χ3v) is 5.37. The SMILES string of the molecule is CC1CC(C)CN(C2(CN)CCCc3ccccc32)C1. The molecule has 1 aromatic rings. The van der Waals surface area contributed by atoms with Gasteiger partial charge in [0.2, 0.25) is 0 Å². The molecule has 0 radical (unpaired) electrons. The summed E-state index contributed by atoms with van der Waals surface area (Å²) in [7, 11) is 0. The molecule has 0 spiro atoms. The number of nitrogens with zero attached hydrogens (tertiary/aromatic N) is 1. The lowest BCUT2D eigenvalue weighted by molar-refractivity contribution is 0.0146. The van der Waals surface area contributed by atoms with Gasteiger partial charge in [-0.1, -0.05) is 38.1 Å². The van der Waals surface area contributed by atoms with Crippen molar-refractivity contribution in [3.05, 3.63) is 35.4 Å².